The summed E-state index contributed by atoms with van der Waals surface area (Å²) in [6, 6.07) is 13.7. The lowest BCUT2D eigenvalue weighted by Crippen LogP contribution is -2.32. The second-order valence-electron chi connectivity index (χ2n) is 7.67. The highest BCUT2D eigenvalue weighted by Crippen LogP contribution is 2.27. The molecule has 1 N–H and O–H groups in total. The summed E-state index contributed by atoms with van der Waals surface area (Å²) < 4.78 is 20.0. The maximum atomic E-state index is 14.0. The third-order valence-electron chi connectivity index (χ3n) is 5.37. The number of hydrogen-bond acceptors (Lipinski definition) is 3. The molecule has 0 saturated heterocycles. The van der Waals surface area contributed by atoms with Gasteiger partial charge in [-0.2, -0.15) is 0 Å². The Labute approximate surface area is 174 Å². The number of benzene rings is 2. The Morgan fingerprint density at radius 1 is 1.03 bits per heavy atom. The van der Waals surface area contributed by atoms with Crippen LogP contribution in [0.4, 0.5) is 10.1 Å². The summed E-state index contributed by atoms with van der Waals surface area (Å²) in [6.45, 7) is 8.11. The Morgan fingerprint density at radius 3 is 2.24 bits per heavy atom. The van der Waals surface area contributed by atoms with Gasteiger partial charge in [0.15, 0.2) is 6.04 Å². The van der Waals surface area contributed by atoms with Crippen molar-refractivity contribution in [2.45, 2.75) is 71.9 Å². The van der Waals surface area contributed by atoms with Gasteiger partial charge in [-0.15, -0.1) is 0 Å². The Hall–Kier alpha value is -2.36. The van der Waals surface area contributed by atoms with Gasteiger partial charge in [0.05, 0.1) is 0 Å². The van der Waals surface area contributed by atoms with E-state index in [-0.39, 0.29) is 17.9 Å². The Balaban J connectivity index is 2.25. The van der Waals surface area contributed by atoms with Crippen molar-refractivity contribution >= 4 is 11.7 Å². The fourth-order valence-corrected chi connectivity index (χ4v) is 3.76. The predicted molar refractivity (Wildman–Crippen MR) is 117 cm³/mol. The fourth-order valence-electron chi connectivity index (χ4n) is 3.76. The molecule has 4 heteroatoms. The van der Waals surface area contributed by atoms with Gasteiger partial charge in [-0.3, -0.25) is 0 Å². The van der Waals surface area contributed by atoms with Gasteiger partial charge in [0, 0.05) is 5.69 Å². The van der Waals surface area contributed by atoms with Crippen LogP contribution in [0.25, 0.3) is 0 Å². The molecule has 2 aromatic rings. The third kappa shape index (κ3) is 6.59. The van der Waals surface area contributed by atoms with Crippen molar-refractivity contribution in [3.05, 3.63) is 65.5 Å². The van der Waals surface area contributed by atoms with Crippen molar-refractivity contribution in [2.75, 3.05) is 5.32 Å². The first-order valence-electron chi connectivity index (χ1n) is 10.8. The Kier molecular flexibility index (Phi) is 9.17. The van der Waals surface area contributed by atoms with E-state index in [0.717, 1.165) is 37.7 Å². The summed E-state index contributed by atoms with van der Waals surface area (Å²) in [5, 5.41) is 3.18. The van der Waals surface area contributed by atoms with Crippen LogP contribution in [0.15, 0.2) is 48.5 Å². The van der Waals surface area contributed by atoms with Gasteiger partial charge in [-0.25, -0.2) is 9.18 Å². The van der Waals surface area contributed by atoms with Gasteiger partial charge in [0.25, 0.3) is 0 Å². The summed E-state index contributed by atoms with van der Waals surface area (Å²) in [6.07, 6.45) is 4.92. The van der Waals surface area contributed by atoms with Crippen LogP contribution in [0.3, 0.4) is 0 Å². The fraction of sp³-hybridized carbons (Fsp3) is 0.480. The number of esters is 1. The van der Waals surface area contributed by atoms with E-state index < -0.39 is 6.04 Å². The largest absolute Gasteiger partial charge is 0.460 e. The number of carbonyl (C=O) groups is 1. The normalized spacial score (nSPS) is 13.2. The van der Waals surface area contributed by atoms with Gasteiger partial charge in [0.2, 0.25) is 0 Å². The maximum absolute atomic E-state index is 14.0. The average Bonchev–Trinajstić information content (AvgIpc) is 2.73. The molecule has 158 valence electrons. The number of halogens is 1. The van der Waals surface area contributed by atoms with E-state index in [1.54, 1.807) is 19.1 Å². The lowest BCUT2D eigenvalue weighted by atomic mass is 9.91. The maximum Gasteiger partial charge on any atom is 0.333 e. The van der Waals surface area contributed by atoms with Crippen LogP contribution in [0.5, 0.6) is 0 Å². The molecule has 0 aliphatic rings. The molecule has 0 fully saturated rings. The van der Waals surface area contributed by atoms with Crippen LogP contribution >= 0.6 is 0 Å². The monoisotopic (exact) mass is 399 g/mol. The molecular formula is C25H34FNO2. The first kappa shape index (κ1) is 22.9. The van der Waals surface area contributed by atoms with Gasteiger partial charge < -0.3 is 10.1 Å². The summed E-state index contributed by atoms with van der Waals surface area (Å²) in [5.74, 6) is -0.249. The van der Waals surface area contributed by atoms with E-state index in [9.17, 15) is 9.18 Å². The van der Waals surface area contributed by atoms with E-state index in [1.807, 2.05) is 30.3 Å². The van der Waals surface area contributed by atoms with Crippen molar-refractivity contribution in [1.29, 1.82) is 0 Å². The Bertz CT molecular complexity index is 757. The number of aryl methyl sites for hydroxylation is 1. The van der Waals surface area contributed by atoms with E-state index in [0.29, 0.717) is 17.2 Å². The van der Waals surface area contributed by atoms with Gasteiger partial charge >= 0.3 is 5.97 Å². The van der Waals surface area contributed by atoms with E-state index in [1.165, 1.54) is 6.07 Å². The second kappa shape index (κ2) is 11.6. The van der Waals surface area contributed by atoms with Crippen molar-refractivity contribution in [2.24, 2.45) is 5.92 Å². The van der Waals surface area contributed by atoms with Gasteiger partial charge in [0.1, 0.15) is 11.9 Å². The molecule has 0 aromatic heterocycles. The molecular weight excluding hydrogens is 365 g/mol. The highest BCUT2D eigenvalue weighted by Gasteiger charge is 2.28. The minimum absolute atomic E-state index is 0.106. The average molecular weight is 400 g/mol. The van der Waals surface area contributed by atoms with Crippen LogP contribution in [-0.2, 0) is 9.53 Å². The molecule has 0 spiro atoms. The first-order valence-corrected chi connectivity index (χ1v) is 10.8. The minimum atomic E-state index is -0.684. The number of ether oxygens (including phenoxy) is 1. The highest BCUT2D eigenvalue weighted by atomic mass is 19.1. The van der Waals surface area contributed by atoms with Crippen LogP contribution in [0.1, 0.15) is 70.0 Å². The molecule has 1 unspecified atom stereocenters. The molecule has 2 rings (SSSR count). The van der Waals surface area contributed by atoms with Crippen molar-refractivity contribution in [3.63, 3.8) is 0 Å². The summed E-state index contributed by atoms with van der Waals surface area (Å²) in [7, 11) is 0. The topological polar surface area (TPSA) is 38.3 Å². The quantitative estimate of drug-likeness (QED) is 0.421. The lowest BCUT2D eigenvalue weighted by molar-refractivity contribution is -0.153. The number of rotatable bonds is 11. The number of hydrogen-bond donors (Lipinski definition) is 1. The smallest absolute Gasteiger partial charge is 0.333 e. The standard InChI is InChI=1S/C25H34FNO2/c1-5-11-19(12-6-2)23(7-3)29-25(28)24(20-13-9-8-10-14-20)27-21-16-15-18(4)22(26)17-21/h8-10,13-17,19,23-24,27H,5-7,11-12H2,1-4H3/t23-,24?/m0/s1. The number of carbonyl (C=O) groups excluding carboxylic acids is 1. The van der Waals surface area contributed by atoms with Crippen LogP contribution in [0.2, 0.25) is 0 Å². The SMILES string of the molecule is CCCC(CCC)[C@H](CC)OC(=O)C(Nc1ccc(C)c(F)c1)c1ccccc1. The second-order valence-corrected chi connectivity index (χ2v) is 7.67. The zero-order chi connectivity index (χ0) is 21.2. The summed E-state index contributed by atoms with van der Waals surface area (Å²) in [4.78, 5) is 13.2. The van der Waals surface area contributed by atoms with E-state index >= 15 is 0 Å². The van der Waals surface area contributed by atoms with Crippen molar-refractivity contribution in [1.82, 2.24) is 0 Å². The molecule has 2 aromatic carbocycles. The lowest BCUT2D eigenvalue weighted by Gasteiger charge is -2.28. The third-order valence-corrected chi connectivity index (χ3v) is 5.37. The van der Waals surface area contributed by atoms with Crippen molar-refractivity contribution < 1.29 is 13.9 Å². The van der Waals surface area contributed by atoms with Crippen molar-refractivity contribution in [3.8, 4) is 0 Å². The molecule has 0 aliphatic carbocycles. The molecule has 0 saturated carbocycles. The highest BCUT2D eigenvalue weighted by molar-refractivity contribution is 5.81. The number of anilines is 1. The van der Waals surface area contributed by atoms with Crippen LogP contribution < -0.4 is 5.32 Å². The molecule has 0 radical (unpaired) electrons. The summed E-state index contributed by atoms with van der Waals surface area (Å²) in [5.41, 5.74) is 1.93. The zero-order valence-corrected chi connectivity index (χ0v) is 18.1. The Morgan fingerprint density at radius 2 is 1.69 bits per heavy atom. The molecule has 3 nitrogen and oxygen atoms in total. The molecule has 0 bridgehead atoms. The molecule has 29 heavy (non-hydrogen) atoms. The zero-order valence-electron chi connectivity index (χ0n) is 18.1. The number of nitrogens with one attached hydrogen (secondary N) is 1. The minimum Gasteiger partial charge on any atom is -0.460 e. The van der Waals surface area contributed by atoms with Crippen LogP contribution in [-0.4, -0.2) is 12.1 Å². The molecule has 0 aliphatic heterocycles. The van der Waals surface area contributed by atoms with E-state index in [2.05, 4.69) is 26.1 Å². The molecule has 0 heterocycles. The van der Waals surface area contributed by atoms with Crippen LogP contribution in [0, 0.1) is 18.7 Å². The van der Waals surface area contributed by atoms with E-state index in [4.69, 9.17) is 4.74 Å². The molecule has 2 atom stereocenters. The first-order chi connectivity index (χ1) is 14.0. The van der Waals surface area contributed by atoms with Gasteiger partial charge in [-0.1, -0.05) is 70.0 Å². The van der Waals surface area contributed by atoms with Gasteiger partial charge in [-0.05, 0) is 55.4 Å². The molecule has 0 amide bonds. The summed E-state index contributed by atoms with van der Waals surface area (Å²) >= 11 is 0. The predicted octanol–water partition coefficient (Wildman–Crippen LogP) is 6.83.